The highest BCUT2D eigenvalue weighted by molar-refractivity contribution is 5.22. The molecule has 0 fully saturated rings. The Morgan fingerprint density at radius 1 is 1.47 bits per heavy atom. The second-order valence-electron chi connectivity index (χ2n) is 4.41. The van der Waals surface area contributed by atoms with Gasteiger partial charge in [0.2, 0.25) is 0 Å². The highest BCUT2D eigenvalue weighted by atomic mass is 19.1. The van der Waals surface area contributed by atoms with Crippen molar-refractivity contribution in [3.63, 3.8) is 0 Å². The summed E-state index contributed by atoms with van der Waals surface area (Å²) >= 11 is 0. The summed E-state index contributed by atoms with van der Waals surface area (Å²) in [5.74, 6) is 1.95. The van der Waals surface area contributed by atoms with Crippen molar-refractivity contribution in [3.8, 4) is 5.75 Å². The van der Waals surface area contributed by atoms with Crippen molar-refractivity contribution in [1.82, 2.24) is 5.32 Å². The minimum atomic E-state index is -0.249. The van der Waals surface area contributed by atoms with Gasteiger partial charge in [-0.3, -0.25) is 0 Å². The maximum Gasteiger partial charge on any atom is 0.123 e. The first-order chi connectivity index (χ1) is 8.15. The molecular weight excluding hydrogens is 219 g/mol. The van der Waals surface area contributed by atoms with E-state index in [4.69, 9.17) is 10.5 Å². The van der Waals surface area contributed by atoms with Crippen LogP contribution in [0.15, 0.2) is 36.2 Å². The highest BCUT2D eigenvalue weighted by Gasteiger charge is 2.20. The van der Waals surface area contributed by atoms with Crippen LogP contribution < -0.4 is 15.8 Å². The molecule has 3 N–H and O–H groups in total. The minimum Gasteiger partial charge on any atom is -0.493 e. The van der Waals surface area contributed by atoms with Crippen LogP contribution in [0.1, 0.15) is 6.92 Å². The largest absolute Gasteiger partial charge is 0.493 e. The number of hydrogen-bond donors (Lipinski definition) is 2. The van der Waals surface area contributed by atoms with Crippen LogP contribution in [-0.2, 0) is 0 Å². The second-order valence-corrected chi connectivity index (χ2v) is 4.41. The molecule has 1 aromatic carbocycles. The van der Waals surface area contributed by atoms with Crippen molar-refractivity contribution in [2.24, 2.45) is 17.6 Å². The van der Waals surface area contributed by atoms with E-state index < -0.39 is 0 Å². The maximum atomic E-state index is 12.7. The van der Waals surface area contributed by atoms with Gasteiger partial charge in [-0.2, -0.15) is 0 Å². The predicted molar refractivity (Wildman–Crippen MR) is 64.8 cm³/mol. The Morgan fingerprint density at radius 2 is 2.18 bits per heavy atom. The number of nitrogens with one attached hydrogen (secondary N) is 1. The molecule has 1 unspecified atom stereocenters. The van der Waals surface area contributed by atoms with Crippen LogP contribution in [0.4, 0.5) is 4.39 Å². The van der Waals surface area contributed by atoms with Gasteiger partial charge in [0.05, 0.1) is 12.4 Å². The molecule has 1 heterocycles. The lowest BCUT2D eigenvalue weighted by molar-refractivity contribution is 0.230. The number of benzene rings is 1. The Balaban J connectivity index is 1.84. The van der Waals surface area contributed by atoms with Gasteiger partial charge < -0.3 is 15.8 Å². The number of rotatable bonds is 4. The first-order valence-electron chi connectivity index (χ1n) is 5.74. The molecule has 1 aromatic rings. The van der Waals surface area contributed by atoms with E-state index in [9.17, 15) is 4.39 Å². The Bertz CT molecular complexity index is 402. The van der Waals surface area contributed by atoms with Crippen molar-refractivity contribution in [2.75, 3.05) is 13.2 Å². The highest BCUT2D eigenvalue weighted by Crippen LogP contribution is 2.19. The predicted octanol–water partition coefficient (Wildman–Crippen LogP) is 1.86. The number of hydrogen-bond acceptors (Lipinski definition) is 3. The van der Waals surface area contributed by atoms with Crippen LogP contribution in [0.2, 0.25) is 0 Å². The molecule has 0 radical (unpaired) electrons. The molecule has 2 atom stereocenters. The summed E-state index contributed by atoms with van der Waals surface area (Å²) in [4.78, 5) is 0. The van der Waals surface area contributed by atoms with Gasteiger partial charge in [0, 0.05) is 12.5 Å². The summed E-state index contributed by atoms with van der Waals surface area (Å²) in [6, 6.07) is 6.07. The molecule has 0 aromatic heterocycles. The topological polar surface area (TPSA) is 47.3 Å². The SMILES string of the molecule is C[C@@H](COc1ccc(F)cc1)C1C=C(N)NC1. The zero-order valence-electron chi connectivity index (χ0n) is 9.82. The van der Waals surface area contributed by atoms with Crippen molar-refractivity contribution in [1.29, 1.82) is 0 Å². The van der Waals surface area contributed by atoms with E-state index in [1.54, 1.807) is 12.1 Å². The van der Waals surface area contributed by atoms with Gasteiger partial charge >= 0.3 is 0 Å². The first-order valence-corrected chi connectivity index (χ1v) is 5.74. The fourth-order valence-corrected chi connectivity index (χ4v) is 1.83. The Morgan fingerprint density at radius 3 is 2.76 bits per heavy atom. The Hall–Kier alpha value is -1.71. The number of halogens is 1. The third kappa shape index (κ3) is 3.12. The average molecular weight is 236 g/mol. The molecule has 3 nitrogen and oxygen atoms in total. The van der Waals surface area contributed by atoms with E-state index in [0.717, 1.165) is 12.4 Å². The molecule has 4 heteroatoms. The number of ether oxygens (including phenoxy) is 1. The quantitative estimate of drug-likeness (QED) is 0.839. The van der Waals surface area contributed by atoms with Crippen molar-refractivity contribution < 1.29 is 9.13 Å². The zero-order valence-corrected chi connectivity index (χ0v) is 9.82. The van der Waals surface area contributed by atoms with Gasteiger partial charge in [0.15, 0.2) is 0 Å². The van der Waals surface area contributed by atoms with E-state index in [1.807, 2.05) is 6.08 Å². The monoisotopic (exact) mass is 236 g/mol. The average Bonchev–Trinajstić information content (AvgIpc) is 2.75. The van der Waals surface area contributed by atoms with E-state index in [2.05, 4.69) is 12.2 Å². The van der Waals surface area contributed by atoms with Crippen LogP contribution in [0.5, 0.6) is 5.75 Å². The van der Waals surface area contributed by atoms with Gasteiger partial charge in [-0.05, 0) is 36.3 Å². The van der Waals surface area contributed by atoms with Crippen LogP contribution >= 0.6 is 0 Å². The second kappa shape index (κ2) is 5.08. The van der Waals surface area contributed by atoms with E-state index in [-0.39, 0.29) is 5.82 Å². The van der Waals surface area contributed by atoms with E-state index >= 15 is 0 Å². The summed E-state index contributed by atoms with van der Waals surface area (Å²) in [6.45, 7) is 3.58. The van der Waals surface area contributed by atoms with Crippen LogP contribution in [0, 0.1) is 17.7 Å². The third-order valence-electron chi connectivity index (χ3n) is 2.99. The molecule has 0 aliphatic carbocycles. The molecule has 2 rings (SSSR count). The smallest absolute Gasteiger partial charge is 0.123 e. The van der Waals surface area contributed by atoms with Crippen molar-refractivity contribution in [3.05, 3.63) is 42.0 Å². The number of nitrogens with two attached hydrogens (primary N) is 1. The molecular formula is C13H17FN2O. The molecule has 0 amide bonds. The van der Waals surface area contributed by atoms with Crippen molar-refractivity contribution in [2.45, 2.75) is 6.92 Å². The van der Waals surface area contributed by atoms with Crippen LogP contribution in [-0.4, -0.2) is 13.2 Å². The van der Waals surface area contributed by atoms with Gasteiger partial charge in [-0.1, -0.05) is 6.92 Å². The fraction of sp³-hybridized carbons (Fsp3) is 0.385. The summed E-state index contributed by atoms with van der Waals surface area (Å²) in [5, 5.41) is 3.09. The normalized spacial score (nSPS) is 20.6. The van der Waals surface area contributed by atoms with Gasteiger partial charge in [-0.15, -0.1) is 0 Å². The Kier molecular flexibility index (Phi) is 3.52. The first kappa shape index (κ1) is 11.8. The summed E-state index contributed by atoms with van der Waals surface area (Å²) < 4.78 is 18.3. The molecule has 1 aliphatic heterocycles. The van der Waals surface area contributed by atoms with Crippen LogP contribution in [0.25, 0.3) is 0 Å². The molecule has 0 saturated heterocycles. The lowest BCUT2D eigenvalue weighted by Gasteiger charge is -2.17. The summed E-state index contributed by atoms with van der Waals surface area (Å²) in [5.41, 5.74) is 5.65. The molecule has 1 aliphatic rings. The van der Waals surface area contributed by atoms with Gasteiger partial charge in [0.1, 0.15) is 11.6 Å². The molecule has 0 spiro atoms. The maximum absolute atomic E-state index is 12.7. The van der Waals surface area contributed by atoms with E-state index in [1.165, 1.54) is 12.1 Å². The van der Waals surface area contributed by atoms with Gasteiger partial charge in [0.25, 0.3) is 0 Å². The lowest BCUT2D eigenvalue weighted by atomic mass is 9.96. The molecule has 92 valence electrons. The molecule has 0 saturated carbocycles. The fourth-order valence-electron chi connectivity index (χ4n) is 1.83. The lowest BCUT2D eigenvalue weighted by Crippen LogP contribution is -2.23. The van der Waals surface area contributed by atoms with Gasteiger partial charge in [-0.25, -0.2) is 4.39 Å². The molecule has 17 heavy (non-hydrogen) atoms. The van der Waals surface area contributed by atoms with Crippen molar-refractivity contribution >= 4 is 0 Å². The third-order valence-corrected chi connectivity index (χ3v) is 2.99. The minimum absolute atomic E-state index is 0.249. The summed E-state index contributed by atoms with van der Waals surface area (Å²) in [7, 11) is 0. The van der Waals surface area contributed by atoms with Crippen LogP contribution in [0.3, 0.4) is 0 Å². The zero-order chi connectivity index (χ0) is 12.3. The molecule has 0 bridgehead atoms. The standard InChI is InChI=1S/C13H17FN2O/c1-9(10-6-13(15)16-7-10)8-17-12-4-2-11(14)3-5-12/h2-6,9-10,16H,7-8,15H2,1H3/t9-,10?/m0/s1. The van der Waals surface area contributed by atoms with E-state index in [0.29, 0.717) is 24.2 Å². The summed E-state index contributed by atoms with van der Waals surface area (Å²) in [6.07, 6.45) is 2.03. The Labute approximate surface area is 100 Å².